The van der Waals surface area contributed by atoms with Gasteiger partial charge in [0.05, 0.1) is 6.20 Å². The summed E-state index contributed by atoms with van der Waals surface area (Å²) in [5.41, 5.74) is 1.35. The van der Waals surface area contributed by atoms with E-state index in [9.17, 15) is 0 Å². The molecule has 1 aromatic rings. The summed E-state index contributed by atoms with van der Waals surface area (Å²) in [6.45, 7) is 8.62. The second kappa shape index (κ2) is 4.35. The van der Waals surface area contributed by atoms with Gasteiger partial charge in [-0.25, -0.2) is 0 Å². The van der Waals surface area contributed by atoms with Gasteiger partial charge in [0, 0.05) is 24.3 Å². The average Bonchev–Trinajstić information content (AvgIpc) is 2.80. The van der Waals surface area contributed by atoms with E-state index in [2.05, 4.69) is 37.4 Å². The number of rotatable bonds is 5. The molecule has 0 spiro atoms. The Morgan fingerprint density at radius 1 is 1.60 bits per heavy atom. The number of nitrogens with zero attached hydrogens (tertiary/aromatic N) is 2. The van der Waals surface area contributed by atoms with Crippen LogP contribution in [0.2, 0.25) is 0 Å². The van der Waals surface area contributed by atoms with Gasteiger partial charge in [0.25, 0.3) is 0 Å². The van der Waals surface area contributed by atoms with Crippen LogP contribution in [-0.4, -0.2) is 16.3 Å². The van der Waals surface area contributed by atoms with Crippen molar-refractivity contribution in [3.05, 3.63) is 18.0 Å². The summed E-state index contributed by atoms with van der Waals surface area (Å²) in [5, 5.41) is 7.93. The first kappa shape index (κ1) is 10.7. The highest BCUT2D eigenvalue weighted by Gasteiger charge is 2.40. The third-order valence-corrected chi connectivity index (χ3v) is 3.36. The van der Waals surface area contributed by atoms with Crippen LogP contribution in [0.5, 0.6) is 0 Å². The molecule has 1 aliphatic carbocycles. The summed E-state index contributed by atoms with van der Waals surface area (Å²) in [6, 6.07) is 0.519. The zero-order valence-corrected chi connectivity index (χ0v) is 9.90. The minimum atomic E-state index is 0.519. The van der Waals surface area contributed by atoms with E-state index in [0.717, 1.165) is 24.9 Å². The first-order valence-corrected chi connectivity index (χ1v) is 6.02. The van der Waals surface area contributed by atoms with Gasteiger partial charge in [-0.05, 0) is 31.7 Å². The van der Waals surface area contributed by atoms with Crippen LogP contribution in [0, 0.1) is 11.8 Å². The third-order valence-electron chi connectivity index (χ3n) is 3.36. The molecular weight excluding hydrogens is 186 g/mol. The fourth-order valence-electron chi connectivity index (χ4n) is 2.26. The quantitative estimate of drug-likeness (QED) is 0.802. The highest BCUT2D eigenvalue weighted by atomic mass is 15.3. The summed E-state index contributed by atoms with van der Waals surface area (Å²) in [5.74, 6) is 1.69. The predicted molar refractivity (Wildman–Crippen MR) is 61.6 cm³/mol. The van der Waals surface area contributed by atoms with Gasteiger partial charge in [-0.1, -0.05) is 13.8 Å². The van der Waals surface area contributed by atoms with E-state index in [1.54, 1.807) is 0 Å². The molecule has 0 aromatic carbocycles. The Morgan fingerprint density at radius 3 is 2.80 bits per heavy atom. The standard InChI is InChI=1S/C12H21N3/c1-4-13-12(11-6-9(11)3)10-7-14-15(5-2)8-10/h7-9,11-13H,4-6H2,1-3H3. The molecule has 15 heavy (non-hydrogen) atoms. The van der Waals surface area contributed by atoms with Crippen molar-refractivity contribution < 1.29 is 0 Å². The van der Waals surface area contributed by atoms with Crippen LogP contribution in [0.4, 0.5) is 0 Å². The van der Waals surface area contributed by atoms with E-state index in [1.165, 1.54) is 12.0 Å². The average molecular weight is 207 g/mol. The summed E-state index contributed by atoms with van der Waals surface area (Å²) < 4.78 is 2.01. The SMILES string of the molecule is CCNC(c1cnn(CC)c1)C1CC1C. The lowest BCUT2D eigenvalue weighted by Crippen LogP contribution is -2.22. The molecule has 1 aromatic heterocycles. The zero-order valence-electron chi connectivity index (χ0n) is 9.90. The fourth-order valence-corrected chi connectivity index (χ4v) is 2.26. The van der Waals surface area contributed by atoms with Crippen molar-refractivity contribution in [2.45, 2.75) is 39.8 Å². The molecule has 1 N–H and O–H groups in total. The molecule has 1 aliphatic rings. The molecule has 2 rings (SSSR count). The Labute approximate surface area is 91.9 Å². The van der Waals surface area contributed by atoms with Gasteiger partial charge >= 0.3 is 0 Å². The number of hydrogen-bond donors (Lipinski definition) is 1. The first-order chi connectivity index (χ1) is 7.26. The van der Waals surface area contributed by atoms with Crippen molar-refractivity contribution >= 4 is 0 Å². The van der Waals surface area contributed by atoms with E-state index in [1.807, 2.05) is 10.9 Å². The minimum absolute atomic E-state index is 0.519. The second-order valence-electron chi connectivity index (χ2n) is 4.54. The van der Waals surface area contributed by atoms with Crippen LogP contribution >= 0.6 is 0 Å². The van der Waals surface area contributed by atoms with Crippen LogP contribution in [0.25, 0.3) is 0 Å². The highest BCUT2D eigenvalue weighted by Crippen LogP contribution is 2.46. The Balaban J connectivity index is 2.09. The molecule has 0 radical (unpaired) electrons. The van der Waals surface area contributed by atoms with Gasteiger partial charge in [-0.3, -0.25) is 4.68 Å². The van der Waals surface area contributed by atoms with Gasteiger partial charge in [0.2, 0.25) is 0 Å². The van der Waals surface area contributed by atoms with Crippen molar-refractivity contribution in [3.8, 4) is 0 Å². The van der Waals surface area contributed by atoms with Crippen LogP contribution in [0.3, 0.4) is 0 Å². The van der Waals surface area contributed by atoms with Crippen LogP contribution < -0.4 is 5.32 Å². The van der Waals surface area contributed by atoms with Crippen molar-refractivity contribution in [1.29, 1.82) is 0 Å². The van der Waals surface area contributed by atoms with Crippen LogP contribution in [0.1, 0.15) is 38.8 Å². The van der Waals surface area contributed by atoms with E-state index in [4.69, 9.17) is 0 Å². The van der Waals surface area contributed by atoms with Gasteiger partial charge < -0.3 is 5.32 Å². The lowest BCUT2D eigenvalue weighted by molar-refractivity contribution is 0.475. The molecule has 1 fully saturated rings. The van der Waals surface area contributed by atoms with E-state index in [0.29, 0.717) is 6.04 Å². The van der Waals surface area contributed by atoms with E-state index in [-0.39, 0.29) is 0 Å². The molecule has 3 heteroatoms. The first-order valence-electron chi connectivity index (χ1n) is 6.02. The third kappa shape index (κ3) is 2.23. The summed E-state index contributed by atoms with van der Waals surface area (Å²) >= 11 is 0. The molecule has 1 heterocycles. The molecule has 3 unspecified atom stereocenters. The molecule has 3 atom stereocenters. The summed E-state index contributed by atoms with van der Waals surface area (Å²) in [7, 11) is 0. The Bertz CT molecular complexity index is 318. The number of aromatic nitrogens is 2. The highest BCUT2D eigenvalue weighted by molar-refractivity contribution is 5.15. The maximum atomic E-state index is 4.35. The van der Waals surface area contributed by atoms with Crippen molar-refractivity contribution in [1.82, 2.24) is 15.1 Å². The summed E-state index contributed by atoms with van der Waals surface area (Å²) in [6.07, 6.45) is 5.55. The number of nitrogens with one attached hydrogen (secondary N) is 1. The summed E-state index contributed by atoms with van der Waals surface area (Å²) in [4.78, 5) is 0. The minimum Gasteiger partial charge on any atom is -0.310 e. The van der Waals surface area contributed by atoms with Crippen LogP contribution in [0.15, 0.2) is 12.4 Å². The fraction of sp³-hybridized carbons (Fsp3) is 0.750. The Hall–Kier alpha value is -0.830. The van der Waals surface area contributed by atoms with Gasteiger partial charge in [-0.2, -0.15) is 5.10 Å². The smallest absolute Gasteiger partial charge is 0.0537 e. The zero-order chi connectivity index (χ0) is 10.8. The molecule has 0 bridgehead atoms. The number of aryl methyl sites for hydroxylation is 1. The molecule has 3 nitrogen and oxygen atoms in total. The lowest BCUT2D eigenvalue weighted by atomic mass is 10.1. The van der Waals surface area contributed by atoms with Crippen molar-refractivity contribution in [2.24, 2.45) is 11.8 Å². The Kier molecular flexibility index (Phi) is 3.10. The predicted octanol–water partition coefficient (Wildman–Crippen LogP) is 2.21. The van der Waals surface area contributed by atoms with Crippen molar-refractivity contribution in [2.75, 3.05) is 6.54 Å². The van der Waals surface area contributed by atoms with Crippen LogP contribution in [-0.2, 0) is 6.54 Å². The topological polar surface area (TPSA) is 29.9 Å². The lowest BCUT2D eigenvalue weighted by Gasteiger charge is -2.15. The largest absolute Gasteiger partial charge is 0.310 e. The molecule has 1 saturated carbocycles. The second-order valence-corrected chi connectivity index (χ2v) is 4.54. The van der Waals surface area contributed by atoms with Crippen molar-refractivity contribution in [3.63, 3.8) is 0 Å². The normalized spacial score (nSPS) is 26.6. The maximum Gasteiger partial charge on any atom is 0.0537 e. The molecule has 0 aliphatic heterocycles. The molecule has 0 saturated heterocycles. The maximum absolute atomic E-state index is 4.35. The molecule has 84 valence electrons. The molecular formula is C12H21N3. The van der Waals surface area contributed by atoms with E-state index >= 15 is 0 Å². The Morgan fingerprint density at radius 2 is 2.33 bits per heavy atom. The van der Waals surface area contributed by atoms with Gasteiger partial charge in [0.1, 0.15) is 0 Å². The monoisotopic (exact) mass is 207 g/mol. The van der Waals surface area contributed by atoms with E-state index < -0.39 is 0 Å². The number of hydrogen-bond acceptors (Lipinski definition) is 2. The molecule has 0 amide bonds. The van der Waals surface area contributed by atoms with Gasteiger partial charge in [0.15, 0.2) is 0 Å². The van der Waals surface area contributed by atoms with Gasteiger partial charge in [-0.15, -0.1) is 0 Å².